The molecule has 15 heavy (non-hydrogen) atoms. The summed E-state index contributed by atoms with van der Waals surface area (Å²) in [7, 11) is 0. The lowest BCUT2D eigenvalue weighted by atomic mass is 10.1. The van der Waals surface area contributed by atoms with Crippen molar-refractivity contribution in [3.8, 4) is 5.75 Å². The van der Waals surface area contributed by atoms with Crippen LogP contribution in [0, 0.1) is 0 Å². The SMILES string of the molecule is O=Cc1ccc2c(c1)N(CCO)CCO2. The number of hydrogen-bond acceptors (Lipinski definition) is 4. The maximum absolute atomic E-state index is 10.6. The predicted octanol–water partition coefficient (Wildman–Crippen LogP) is 0.690. The summed E-state index contributed by atoms with van der Waals surface area (Å²) < 4.78 is 5.46. The molecule has 0 bridgehead atoms. The molecular weight excluding hydrogens is 194 g/mol. The smallest absolute Gasteiger partial charge is 0.150 e. The van der Waals surface area contributed by atoms with Crippen molar-refractivity contribution in [3.63, 3.8) is 0 Å². The monoisotopic (exact) mass is 207 g/mol. The van der Waals surface area contributed by atoms with Gasteiger partial charge in [0.05, 0.1) is 18.8 Å². The molecule has 2 rings (SSSR count). The van der Waals surface area contributed by atoms with Gasteiger partial charge in [-0.15, -0.1) is 0 Å². The normalized spacial score (nSPS) is 14.3. The molecule has 1 aliphatic rings. The number of β-amino-alcohol motifs (C(OH)–C–C–N with tert-alkyl or cyclic N) is 1. The van der Waals surface area contributed by atoms with Crippen LogP contribution in [0.3, 0.4) is 0 Å². The van der Waals surface area contributed by atoms with Gasteiger partial charge in [-0.3, -0.25) is 4.79 Å². The summed E-state index contributed by atoms with van der Waals surface area (Å²) in [6.45, 7) is 2.03. The summed E-state index contributed by atoms with van der Waals surface area (Å²) in [5, 5.41) is 8.92. The zero-order valence-corrected chi connectivity index (χ0v) is 8.35. The fourth-order valence-electron chi connectivity index (χ4n) is 1.72. The van der Waals surface area contributed by atoms with Crippen LogP contribution < -0.4 is 9.64 Å². The van der Waals surface area contributed by atoms with E-state index in [9.17, 15) is 4.79 Å². The van der Waals surface area contributed by atoms with E-state index in [4.69, 9.17) is 9.84 Å². The van der Waals surface area contributed by atoms with Crippen molar-refractivity contribution < 1.29 is 14.6 Å². The van der Waals surface area contributed by atoms with E-state index in [1.54, 1.807) is 18.2 Å². The third-order valence-corrected chi connectivity index (χ3v) is 2.45. The first-order chi connectivity index (χ1) is 7.35. The quantitative estimate of drug-likeness (QED) is 0.741. The summed E-state index contributed by atoms with van der Waals surface area (Å²) in [5.41, 5.74) is 1.52. The predicted molar refractivity (Wildman–Crippen MR) is 56.6 cm³/mol. The standard InChI is InChI=1S/C11H13NO3/c13-5-3-12-4-6-15-11-2-1-9(8-14)7-10(11)12/h1-2,7-8,13H,3-6H2. The molecule has 0 amide bonds. The van der Waals surface area contributed by atoms with Crippen molar-refractivity contribution in [3.05, 3.63) is 23.8 Å². The fraction of sp³-hybridized carbons (Fsp3) is 0.364. The van der Waals surface area contributed by atoms with Gasteiger partial charge < -0.3 is 14.7 Å². The van der Waals surface area contributed by atoms with E-state index in [0.29, 0.717) is 18.7 Å². The molecule has 0 saturated carbocycles. The third kappa shape index (κ3) is 1.94. The molecule has 0 spiro atoms. The Balaban J connectivity index is 2.34. The van der Waals surface area contributed by atoms with E-state index in [2.05, 4.69) is 0 Å². The topological polar surface area (TPSA) is 49.8 Å². The van der Waals surface area contributed by atoms with Crippen LogP contribution in [0.15, 0.2) is 18.2 Å². The highest BCUT2D eigenvalue weighted by molar-refractivity contribution is 5.79. The molecule has 0 saturated heterocycles. The Morgan fingerprint density at radius 1 is 1.53 bits per heavy atom. The largest absolute Gasteiger partial charge is 0.490 e. The summed E-state index contributed by atoms with van der Waals surface area (Å²) in [6, 6.07) is 5.31. The molecule has 0 aliphatic carbocycles. The molecule has 1 aromatic carbocycles. The first kappa shape index (κ1) is 9.98. The zero-order chi connectivity index (χ0) is 10.7. The number of ether oxygens (including phenoxy) is 1. The molecule has 0 atom stereocenters. The second kappa shape index (κ2) is 4.31. The van der Waals surface area contributed by atoms with Crippen molar-refractivity contribution in [2.45, 2.75) is 0 Å². The van der Waals surface area contributed by atoms with E-state index in [1.165, 1.54) is 0 Å². The van der Waals surface area contributed by atoms with Gasteiger partial charge in [0.15, 0.2) is 0 Å². The van der Waals surface area contributed by atoms with Gasteiger partial charge in [-0.2, -0.15) is 0 Å². The molecule has 80 valence electrons. The van der Waals surface area contributed by atoms with Crippen LogP contribution in [0.25, 0.3) is 0 Å². The fourth-order valence-corrected chi connectivity index (χ4v) is 1.72. The van der Waals surface area contributed by atoms with Gasteiger partial charge in [-0.05, 0) is 18.2 Å². The highest BCUT2D eigenvalue weighted by Crippen LogP contribution is 2.31. The molecule has 0 radical (unpaired) electrons. The van der Waals surface area contributed by atoms with Crippen LogP contribution in [0.4, 0.5) is 5.69 Å². The molecule has 4 heteroatoms. The van der Waals surface area contributed by atoms with Crippen LogP contribution in [-0.2, 0) is 0 Å². The number of anilines is 1. The molecule has 0 aromatic heterocycles. The lowest BCUT2D eigenvalue weighted by molar-refractivity contribution is 0.112. The minimum absolute atomic E-state index is 0.102. The second-order valence-corrected chi connectivity index (χ2v) is 3.40. The number of aliphatic hydroxyl groups is 1. The number of hydrogen-bond donors (Lipinski definition) is 1. The van der Waals surface area contributed by atoms with Crippen LogP contribution in [0.2, 0.25) is 0 Å². The Morgan fingerprint density at radius 3 is 3.13 bits per heavy atom. The summed E-state index contributed by atoms with van der Waals surface area (Å²) in [4.78, 5) is 12.7. The van der Waals surface area contributed by atoms with Gasteiger partial charge in [0.1, 0.15) is 18.6 Å². The van der Waals surface area contributed by atoms with Gasteiger partial charge in [0.2, 0.25) is 0 Å². The lowest BCUT2D eigenvalue weighted by Gasteiger charge is -2.30. The molecule has 1 aromatic rings. The Morgan fingerprint density at radius 2 is 2.40 bits per heavy atom. The first-order valence-corrected chi connectivity index (χ1v) is 4.93. The van der Waals surface area contributed by atoms with Crippen LogP contribution in [-0.4, -0.2) is 37.7 Å². The molecule has 1 aliphatic heterocycles. The molecule has 4 nitrogen and oxygen atoms in total. The summed E-state index contributed by atoms with van der Waals surface area (Å²) >= 11 is 0. The molecule has 1 heterocycles. The number of carbonyl (C=O) groups is 1. The number of fused-ring (bicyclic) bond motifs is 1. The van der Waals surface area contributed by atoms with Crippen LogP contribution >= 0.6 is 0 Å². The van der Waals surface area contributed by atoms with E-state index in [0.717, 1.165) is 24.3 Å². The second-order valence-electron chi connectivity index (χ2n) is 3.40. The Hall–Kier alpha value is -1.55. The Labute approximate surface area is 88.1 Å². The zero-order valence-electron chi connectivity index (χ0n) is 8.35. The van der Waals surface area contributed by atoms with Crippen molar-refractivity contribution in [1.29, 1.82) is 0 Å². The molecule has 1 N–H and O–H groups in total. The Kier molecular flexibility index (Phi) is 2.87. The number of aldehydes is 1. The number of rotatable bonds is 3. The van der Waals surface area contributed by atoms with E-state index >= 15 is 0 Å². The van der Waals surface area contributed by atoms with Gasteiger partial charge >= 0.3 is 0 Å². The van der Waals surface area contributed by atoms with E-state index < -0.39 is 0 Å². The highest BCUT2D eigenvalue weighted by atomic mass is 16.5. The van der Waals surface area contributed by atoms with Crippen molar-refractivity contribution in [2.75, 3.05) is 31.2 Å². The molecule has 0 fully saturated rings. The van der Waals surface area contributed by atoms with Gasteiger partial charge in [-0.25, -0.2) is 0 Å². The van der Waals surface area contributed by atoms with Crippen LogP contribution in [0.5, 0.6) is 5.75 Å². The van der Waals surface area contributed by atoms with E-state index in [-0.39, 0.29) is 6.61 Å². The van der Waals surface area contributed by atoms with Gasteiger partial charge in [0.25, 0.3) is 0 Å². The van der Waals surface area contributed by atoms with Gasteiger partial charge in [-0.1, -0.05) is 0 Å². The van der Waals surface area contributed by atoms with Crippen molar-refractivity contribution in [1.82, 2.24) is 0 Å². The maximum atomic E-state index is 10.6. The average Bonchev–Trinajstić information content (AvgIpc) is 2.29. The average molecular weight is 207 g/mol. The van der Waals surface area contributed by atoms with Gasteiger partial charge in [0, 0.05) is 12.1 Å². The third-order valence-electron chi connectivity index (χ3n) is 2.45. The minimum atomic E-state index is 0.102. The number of nitrogens with zero attached hydrogens (tertiary/aromatic N) is 1. The molecule has 0 unspecified atom stereocenters. The number of aliphatic hydroxyl groups excluding tert-OH is 1. The maximum Gasteiger partial charge on any atom is 0.150 e. The minimum Gasteiger partial charge on any atom is -0.490 e. The summed E-state index contributed by atoms with van der Waals surface area (Å²) in [6.07, 6.45) is 0.812. The number of carbonyl (C=O) groups excluding carboxylic acids is 1. The van der Waals surface area contributed by atoms with Crippen LogP contribution in [0.1, 0.15) is 10.4 Å². The summed E-state index contributed by atoms with van der Waals surface area (Å²) in [5.74, 6) is 0.778. The van der Waals surface area contributed by atoms with Crippen molar-refractivity contribution in [2.24, 2.45) is 0 Å². The molecular formula is C11H13NO3. The number of benzene rings is 1. The Bertz CT molecular complexity index is 365. The van der Waals surface area contributed by atoms with Crippen molar-refractivity contribution >= 4 is 12.0 Å². The van der Waals surface area contributed by atoms with E-state index in [1.807, 2.05) is 4.90 Å². The lowest BCUT2D eigenvalue weighted by Crippen LogP contribution is -2.34. The highest BCUT2D eigenvalue weighted by Gasteiger charge is 2.17. The first-order valence-electron chi connectivity index (χ1n) is 4.93.